The van der Waals surface area contributed by atoms with Crippen LogP contribution in [0.5, 0.6) is 0 Å². The van der Waals surface area contributed by atoms with Gasteiger partial charge in [0.15, 0.2) is 0 Å². The van der Waals surface area contributed by atoms with Crippen LogP contribution < -0.4 is 4.72 Å². The second-order valence-corrected chi connectivity index (χ2v) is 9.98. The average Bonchev–Trinajstić information content (AvgIpc) is 3.21. The van der Waals surface area contributed by atoms with Gasteiger partial charge in [-0.25, -0.2) is 21.6 Å². The Hall–Kier alpha value is -0.960. The van der Waals surface area contributed by atoms with E-state index in [4.69, 9.17) is 0 Å². The van der Waals surface area contributed by atoms with E-state index in [1.54, 1.807) is 0 Å². The maximum absolute atomic E-state index is 12.4. The van der Waals surface area contributed by atoms with E-state index in [2.05, 4.69) is 4.72 Å². The number of benzene rings is 1. The van der Waals surface area contributed by atoms with Gasteiger partial charge in [0.2, 0.25) is 20.0 Å². The Bertz CT molecular complexity index is 762. The molecule has 0 spiro atoms. The van der Waals surface area contributed by atoms with Gasteiger partial charge < -0.3 is 0 Å². The number of hydrogen-bond acceptors (Lipinski definition) is 4. The summed E-state index contributed by atoms with van der Waals surface area (Å²) in [5.74, 6) is 0.416. The molecule has 1 saturated heterocycles. The molecule has 1 N–H and O–H groups in total. The zero-order chi connectivity index (χ0) is 16.7. The molecule has 1 aliphatic heterocycles. The summed E-state index contributed by atoms with van der Waals surface area (Å²) in [4.78, 5) is 0.249. The summed E-state index contributed by atoms with van der Waals surface area (Å²) in [6.45, 7) is 2.92. The average molecular weight is 358 g/mol. The number of nitrogens with one attached hydrogen (secondary N) is 1. The third kappa shape index (κ3) is 3.60. The molecule has 0 unspecified atom stereocenters. The van der Waals surface area contributed by atoms with E-state index in [0.29, 0.717) is 19.0 Å². The van der Waals surface area contributed by atoms with Crippen molar-refractivity contribution in [2.75, 3.05) is 13.1 Å². The summed E-state index contributed by atoms with van der Waals surface area (Å²) in [5.41, 5.74) is 0. The van der Waals surface area contributed by atoms with E-state index in [9.17, 15) is 16.8 Å². The summed E-state index contributed by atoms with van der Waals surface area (Å²) >= 11 is 0. The second kappa shape index (κ2) is 6.16. The standard InChI is InChI=1S/C15H22N2O4S2/c1-12(13-4-5-13)16-22(18,19)14-6-8-15(9-7-14)23(20,21)17-10-2-3-11-17/h6-9,12-13,16H,2-5,10-11H2,1H3/t12-/m1/s1. The van der Waals surface area contributed by atoms with Gasteiger partial charge in [-0.2, -0.15) is 4.31 Å². The first kappa shape index (κ1) is 16.9. The molecule has 8 heteroatoms. The van der Waals surface area contributed by atoms with Crippen molar-refractivity contribution >= 4 is 20.0 Å². The van der Waals surface area contributed by atoms with Gasteiger partial charge in [-0.15, -0.1) is 0 Å². The van der Waals surface area contributed by atoms with E-state index in [-0.39, 0.29) is 15.8 Å². The van der Waals surface area contributed by atoms with Crippen molar-refractivity contribution in [3.8, 4) is 0 Å². The van der Waals surface area contributed by atoms with E-state index >= 15 is 0 Å². The van der Waals surface area contributed by atoms with Crippen LogP contribution in [-0.2, 0) is 20.0 Å². The zero-order valence-corrected chi connectivity index (χ0v) is 14.7. The molecule has 0 amide bonds. The zero-order valence-electron chi connectivity index (χ0n) is 13.1. The predicted octanol–water partition coefficient (Wildman–Crippen LogP) is 1.55. The van der Waals surface area contributed by atoms with E-state index < -0.39 is 20.0 Å². The van der Waals surface area contributed by atoms with Crippen LogP contribution in [0.4, 0.5) is 0 Å². The molecular weight excluding hydrogens is 336 g/mol. The topological polar surface area (TPSA) is 83.5 Å². The van der Waals surface area contributed by atoms with Gasteiger partial charge in [-0.3, -0.25) is 0 Å². The van der Waals surface area contributed by atoms with Crippen LogP contribution in [0.1, 0.15) is 32.6 Å². The van der Waals surface area contributed by atoms with Gasteiger partial charge in [-0.1, -0.05) is 0 Å². The summed E-state index contributed by atoms with van der Waals surface area (Å²) in [6.07, 6.45) is 3.84. The Balaban J connectivity index is 1.78. The normalized spacial score (nSPS) is 21.4. The molecule has 2 aliphatic rings. The lowest BCUT2D eigenvalue weighted by Gasteiger charge is -2.16. The smallest absolute Gasteiger partial charge is 0.208 e. The highest BCUT2D eigenvalue weighted by molar-refractivity contribution is 7.89. The van der Waals surface area contributed by atoms with Crippen molar-refractivity contribution in [2.45, 2.75) is 48.4 Å². The van der Waals surface area contributed by atoms with Gasteiger partial charge in [-0.05, 0) is 62.8 Å². The van der Waals surface area contributed by atoms with Crippen LogP contribution in [0.3, 0.4) is 0 Å². The van der Waals surface area contributed by atoms with Gasteiger partial charge >= 0.3 is 0 Å². The van der Waals surface area contributed by atoms with Crippen molar-refractivity contribution < 1.29 is 16.8 Å². The Labute approximate surface area is 138 Å². The number of rotatable bonds is 6. The summed E-state index contributed by atoms with van der Waals surface area (Å²) in [6, 6.07) is 5.40. The van der Waals surface area contributed by atoms with Crippen molar-refractivity contribution in [1.29, 1.82) is 0 Å². The first-order chi connectivity index (χ1) is 10.8. The molecule has 6 nitrogen and oxygen atoms in total. The number of hydrogen-bond donors (Lipinski definition) is 1. The predicted molar refractivity (Wildman–Crippen MR) is 86.9 cm³/mol. The summed E-state index contributed by atoms with van der Waals surface area (Å²) in [7, 11) is -7.11. The highest BCUT2D eigenvalue weighted by Gasteiger charge is 2.32. The van der Waals surface area contributed by atoms with Crippen LogP contribution in [0.25, 0.3) is 0 Å². The highest BCUT2D eigenvalue weighted by atomic mass is 32.2. The lowest BCUT2D eigenvalue weighted by molar-refractivity contribution is 0.477. The molecule has 1 aliphatic carbocycles. The molecule has 1 aromatic rings. The maximum Gasteiger partial charge on any atom is 0.243 e. The fourth-order valence-electron chi connectivity index (χ4n) is 2.87. The van der Waals surface area contributed by atoms with Gasteiger partial charge in [0.05, 0.1) is 9.79 Å². The van der Waals surface area contributed by atoms with Gasteiger partial charge in [0, 0.05) is 19.1 Å². The van der Waals surface area contributed by atoms with E-state index in [1.165, 1.54) is 28.6 Å². The molecule has 1 saturated carbocycles. The summed E-state index contributed by atoms with van der Waals surface area (Å²) in [5, 5.41) is 0. The van der Waals surface area contributed by atoms with E-state index in [1.807, 2.05) is 6.92 Å². The minimum Gasteiger partial charge on any atom is -0.208 e. The molecule has 128 valence electrons. The molecule has 2 fully saturated rings. The van der Waals surface area contributed by atoms with Crippen molar-refractivity contribution in [3.05, 3.63) is 24.3 Å². The minimum atomic E-state index is -3.60. The lowest BCUT2D eigenvalue weighted by Crippen LogP contribution is -2.34. The van der Waals surface area contributed by atoms with Gasteiger partial charge in [0.25, 0.3) is 0 Å². The quantitative estimate of drug-likeness (QED) is 0.836. The number of nitrogens with zero attached hydrogens (tertiary/aromatic N) is 1. The third-order valence-electron chi connectivity index (χ3n) is 4.51. The Morgan fingerprint density at radius 2 is 1.52 bits per heavy atom. The second-order valence-electron chi connectivity index (χ2n) is 6.33. The largest absolute Gasteiger partial charge is 0.243 e. The third-order valence-corrected chi connectivity index (χ3v) is 7.99. The molecule has 1 heterocycles. The SMILES string of the molecule is C[C@@H](NS(=O)(=O)c1ccc(S(=O)(=O)N2CCCC2)cc1)C1CC1. The Kier molecular flexibility index (Phi) is 4.52. The Morgan fingerprint density at radius 3 is 2.04 bits per heavy atom. The maximum atomic E-state index is 12.4. The first-order valence-corrected chi connectivity index (χ1v) is 10.9. The first-order valence-electron chi connectivity index (χ1n) is 7.93. The van der Waals surface area contributed by atoms with Crippen molar-refractivity contribution in [2.24, 2.45) is 5.92 Å². The fraction of sp³-hybridized carbons (Fsp3) is 0.600. The lowest BCUT2D eigenvalue weighted by atomic mass is 10.2. The van der Waals surface area contributed by atoms with Crippen molar-refractivity contribution in [1.82, 2.24) is 9.03 Å². The van der Waals surface area contributed by atoms with Gasteiger partial charge in [0.1, 0.15) is 0 Å². The van der Waals surface area contributed by atoms with Crippen LogP contribution in [0, 0.1) is 5.92 Å². The highest BCUT2D eigenvalue weighted by Crippen LogP contribution is 2.33. The Morgan fingerprint density at radius 1 is 1.00 bits per heavy atom. The number of sulfonamides is 2. The molecule has 1 atom stereocenters. The molecule has 1 aromatic carbocycles. The monoisotopic (exact) mass is 358 g/mol. The minimum absolute atomic E-state index is 0.0898. The molecule has 23 heavy (non-hydrogen) atoms. The van der Waals surface area contributed by atoms with Crippen molar-refractivity contribution in [3.63, 3.8) is 0 Å². The fourth-order valence-corrected chi connectivity index (χ4v) is 5.70. The van der Waals surface area contributed by atoms with Crippen LogP contribution in [-0.4, -0.2) is 40.3 Å². The molecule has 0 aromatic heterocycles. The molecular formula is C15H22N2O4S2. The van der Waals surface area contributed by atoms with E-state index in [0.717, 1.165) is 25.7 Å². The van der Waals surface area contributed by atoms with Crippen LogP contribution in [0.15, 0.2) is 34.1 Å². The van der Waals surface area contributed by atoms with Crippen LogP contribution in [0.2, 0.25) is 0 Å². The molecule has 0 radical (unpaired) electrons. The summed E-state index contributed by atoms with van der Waals surface area (Å²) < 4.78 is 53.6. The van der Waals surface area contributed by atoms with Crippen LogP contribution >= 0.6 is 0 Å². The molecule has 0 bridgehead atoms. The molecule has 3 rings (SSSR count).